The zero-order valence-corrected chi connectivity index (χ0v) is 9.06. The summed E-state index contributed by atoms with van der Waals surface area (Å²) >= 11 is 0. The number of anilines is 2. The number of nitrogens with one attached hydrogen (secondary N) is 2. The monoisotopic (exact) mass is 198 g/mol. The van der Waals surface area contributed by atoms with E-state index in [1.54, 1.807) is 0 Å². The first-order valence-corrected chi connectivity index (χ1v) is 3.12. The molecule has 0 fully saturated rings. The average molecular weight is 200 g/mol. The quantitative estimate of drug-likeness (QED) is 0.430. The van der Waals surface area contributed by atoms with E-state index in [1.807, 2.05) is 24.3 Å². The third-order valence-corrected chi connectivity index (χ3v) is 1.47. The van der Waals surface area contributed by atoms with Crippen LogP contribution in [0.2, 0.25) is 0 Å². The summed E-state index contributed by atoms with van der Waals surface area (Å²) in [4.78, 5) is 0. The van der Waals surface area contributed by atoms with E-state index in [2.05, 4.69) is 10.6 Å². The predicted octanol–water partition coefficient (Wildman–Crippen LogP) is 0.927. The summed E-state index contributed by atoms with van der Waals surface area (Å²) in [6.07, 6.45) is 0.598. The summed E-state index contributed by atoms with van der Waals surface area (Å²) in [5.74, 6) is 0. The Balaban J connectivity index is 0.000000605. The first-order valence-electron chi connectivity index (χ1n) is 3.12. The summed E-state index contributed by atoms with van der Waals surface area (Å²) in [5, 5.41) is 5.96. The zero-order valence-electron chi connectivity index (χ0n) is 6.09. The normalized spacial score (nSPS) is 14.3. The van der Waals surface area contributed by atoms with Gasteiger partial charge in [-0.25, -0.2) is 0 Å². The number of nitrogens with two attached hydrogens (primary N) is 1. The number of fused-ring (bicyclic) bond motifs is 1. The molecule has 4 N–H and O–H groups in total. The van der Waals surface area contributed by atoms with E-state index < -0.39 is 0 Å². The van der Waals surface area contributed by atoms with Crippen LogP contribution in [0, 0.1) is 6.29 Å². The molecule has 11 heavy (non-hydrogen) atoms. The molecule has 1 heterocycles. The summed E-state index contributed by atoms with van der Waals surface area (Å²) in [6, 6.07) is 7.88. The van der Waals surface area contributed by atoms with Crippen LogP contribution < -0.4 is 16.4 Å². The summed E-state index contributed by atoms with van der Waals surface area (Å²) in [5.41, 5.74) is 7.56. The summed E-state index contributed by atoms with van der Waals surface area (Å²) in [6.45, 7) is 0. The molecule has 0 aromatic heterocycles. The molecule has 0 atom stereocenters. The van der Waals surface area contributed by atoms with Crippen molar-refractivity contribution in [2.45, 2.75) is 0 Å². The molecule has 3 nitrogen and oxygen atoms in total. The fourth-order valence-corrected chi connectivity index (χ4v) is 1.02. The second-order valence-corrected chi connectivity index (χ2v) is 2.21. The first kappa shape index (κ1) is 8.50. The van der Waals surface area contributed by atoms with Gasteiger partial charge < -0.3 is 16.4 Å². The van der Waals surface area contributed by atoms with E-state index >= 15 is 0 Å². The molecule has 54 valence electrons. The number of hydrogen-bond acceptors (Lipinski definition) is 3. The van der Waals surface area contributed by atoms with Gasteiger partial charge in [0.25, 0.3) is 0 Å². The van der Waals surface area contributed by atoms with Gasteiger partial charge in [-0.15, -0.1) is 0 Å². The number of para-hydroxylation sites is 2. The zero-order chi connectivity index (χ0) is 6.97. The molecule has 1 aromatic carbocycles. The first-order chi connectivity index (χ1) is 4.86. The van der Waals surface area contributed by atoms with Gasteiger partial charge in [0.05, 0.1) is 0 Å². The molecule has 0 aliphatic carbocycles. The minimum absolute atomic E-state index is 0. The Hall–Kier alpha value is -0.597. The van der Waals surface area contributed by atoms with Gasteiger partial charge in [-0.3, -0.25) is 0 Å². The molecule has 2 rings (SSSR count). The van der Waals surface area contributed by atoms with Crippen LogP contribution in [0.1, 0.15) is 0 Å². The van der Waals surface area contributed by atoms with Crippen LogP contribution >= 0.6 is 0 Å². The van der Waals surface area contributed by atoms with E-state index in [0.717, 1.165) is 11.4 Å². The van der Waals surface area contributed by atoms with Crippen molar-refractivity contribution in [3.63, 3.8) is 0 Å². The standard InChI is InChI=1S/C7H8N3.Zn/c8-7-9-5-3-1-2-4-6(5)10-7;/h1-4,9-10H,8H2;/q-1;. The molecule has 4 heteroatoms. The molecular weight excluding hydrogens is 191 g/mol. The summed E-state index contributed by atoms with van der Waals surface area (Å²) < 4.78 is 0. The number of benzene rings is 1. The number of rotatable bonds is 0. The maximum atomic E-state index is 5.48. The fraction of sp³-hybridized carbons (Fsp3) is 0. The fourth-order valence-electron chi connectivity index (χ4n) is 1.02. The third kappa shape index (κ3) is 1.52. The van der Waals surface area contributed by atoms with Crippen molar-refractivity contribution in [3.8, 4) is 0 Å². The number of hydrogen-bond donors (Lipinski definition) is 3. The molecule has 0 saturated heterocycles. The van der Waals surface area contributed by atoms with Gasteiger partial charge in [0.1, 0.15) is 0 Å². The average Bonchev–Trinajstić information content (AvgIpc) is 2.27. The van der Waals surface area contributed by atoms with Crippen LogP contribution in [0.4, 0.5) is 11.4 Å². The van der Waals surface area contributed by atoms with Gasteiger partial charge in [0, 0.05) is 30.9 Å². The van der Waals surface area contributed by atoms with Crippen molar-refractivity contribution in [3.05, 3.63) is 30.6 Å². The van der Waals surface area contributed by atoms with E-state index in [0.29, 0.717) is 6.29 Å². The van der Waals surface area contributed by atoms with Crippen molar-refractivity contribution >= 4 is 11.4 Å². The van der Waals surface area contributed by atoms with Gasteiger partial charge in [-0.05, 0) is 12.1 Å². The molecule has 1 aliphatic heterocycles. The molecular formula is C7H8N3Zn-. The Labute approximate surface area is 78.1 Å². The molecule has 0 saturated carbocycles. The molecule has 1 aromatic rings. The van der Waals surface area contributed by atoms with Crippen molar-refractivity contribution < 1.29 is 19.5 Å². The molecule has 0 radical (unpaired) electrons. The Morgan fingerprint density at radius 2 is 1.55 bits per heavy atom. The van der Waals surface area contributed by atoms with E-state index in [4.69, 9.17) is 5.73 Å². The maximum Gasteiger partial charge on any atom is 0.0285 e. The Morgan fingerprint density at radius 3 is 2.00 bits per heavy atom. The Bertz CT molecular complexity index is 226. The van der Waals surface area contributed by atoms with Crippen LogP contribution in [0.5, 0.6) is 0 Å². The van der Waals surface area contributed by atoms with Gasteiger partial charge in [0.15, 0.2) is 0 Å². The van der Waals surface area contributed by atoms with Gasteiger partial charge in [-0.1, -0.05) is 18.4 Å². The third-order valence-electron chi connectivity index (χ3n) is 1.47. The Kier molecular flexibility index (Phi) is 2.47. The molecule has 0 amide bonds. The molecule has 1 aliphatic rings. The maximum absolute atomic E-state index is 5.48. The second kappa shape index (κ2) is 3.20. The SMILES string of the molecule is N[C-]1Nc2ccccc2N1.[Zn]. The van der Waals surface area contributed by atoms with Crippen LogP contribution in [0.15, 0.2) is 24.3 Å². The van der Waals surface area contributed by atoms with Crippen LogP contribution in [0.3, 0.4) is 0 Å². The largest absolute Gasteiger partial charge is 0.499 e. The van der Waals surface area contributed by atoms with Crippen molar-refractivity contribution in [1.82, 2.24) is 0 Å². The second-order valence-electron chi connectivity index (χ2n) is 2.21. The van der Waals surface area contributed by atoms with Crippen molar-refractivity contribution in [1.29, 1.82) is 0 Å². The molecule has 0 unspecified atom stereocenters. The predicted molar refractivity (Wildman–Crippen MR) is 41.1 cm³/mol. The smallest absolute Gasteiger partial charge is 0.0285 e. The van der Waals surface area contributed by atoms with Crippen LogP contribution in [-0.2, 0) is 19.5 Å². The Morgan fingerprint density at radius 1 is 1.09 bits per heavy atom. The van der Waals surface area contributed by atoms with Crippen molar-refractivity contribution in [2.24, 2.45) is 5.73 Å². The van der Waals surface area contributed by atoms with E-state index in [1.165, 1.54) is 0 Å². The van der Waals surface area contributed by atoms with Gasteiger partial charge in [-0.2, -0.15) is 0 Å². The van der Waals surface area contributed by atoms with Gasteiger partial charge >= 0.3 is 0 Å². The van der Waals surface area contributed by atoms with Crippen LogP contribution in [0.25, 0.3) is 0 Å². The van der Waals surface area contributed by atoms with E-state index in [9.17, 15) is 0 Å². The van der Waals surface area contributed by atoms with Crippen molar-refractivity contribution in [2.75, 3.05) is 10.6 Å². The van der Waals surface area contributed by atoms with Crippen LogP contribution in [-0.4, -0.2) is 0 Å². The molecule has 0 spiro atoms. The molecule has 0 bridgehead atoms. The summed E-state index contributed by atoms with van der Waals surface area (Å²) in [7, 11) is 0. The topological polar surface area (TPSA) is 50.1 Å². The minimum Gasteiger partial charge on any atom is -0.499 e. The van der Waals surface area contributed by atoms with Gasteiger partial charge in [0.2, 0.25) is 0 Å². The minimum atomic E-state index is 0. The van der Waals surface area contributed by atoms with E-state index in [-0.39, 0.29) is 19.5 Å².